The van der Waals surface area contributed by atoms with Crippen LogP contribution in [-0.4, -0.2) is 20.9 Å². The summed E-state index contributed by atoms with van der Waals surface area (Å²) in [5, 5.41) is 3.44. The Morgan fingerprint density at radius 1 is 0.909 bits per heavy atom. The van der Waals surface area contributed by atoms with Crippen LogP contribution in [-0.2, 0) is 10.0 Å². The molecule has 1 heterocycles. The average Bonchev–Trinajstić information content (AvgIpc) is 2.80. The summed E-state index contributed by atoms with van der Waals surface area (Å²) in [5.74, 6) is 0.218. The molecule has 4 rings (SSSR count). The van der Waals surface area contributed by atoms with E-state index < -0.39 is 15.6 Å². The van der Waals surface area contributed by atoms with Gasteiger partial charge in [-0.3, -0.25) is 9.52 Å². The molecule has 33 heavy (non-hydrogen) atoms. The number of ether oxygens (including phenoxy) is 1. The van der Waals surface area contributed by atoms with E-state index in [1.54, 1.807) is 36.4 Å². The Kier molecular flexibility index (Phi) is 6.14. The van der Waals surface area contributed by atoms with Crippen LogP contribution in [0.1, 0.15) is 17.3 Å². The molecule has 0 atom stereocenters. The van der Waals surface area contributed by atoms with Crippen LogP contribution in [0.4, 0.5) is 11.4 Å². The largest absolute Gasteiger partial charge is 0.494 e. The van der Waals surface area contributed by atoms with Crippen LogP contribution in [0, 0.1) is 0 Å². The van der Waals surface area contributed by atoms with Crippen molar-refractivity contribution in [3.05, 3.63) is 94.8 Å². The molecule has 0 unspecified atom stereocenters. The molecule has 1 amide bonds. The molecule has 0 saturated heterocycles. The van der Waals surface area contributed by atoms with Crippen LogP contribution < -0.4 is 20.4 Å². The SMILES string of the molecule is CCOc1ccc(S(=O)(=O)Nc2ccc(C(=O)Nc3ccc4oc(=O)ccc4c3)cc2)cc1. The number of benzene rings is 3. The van der Waals surface area contributed by atoms with Crippen LogP contribution in [0.15, 0.2) is 93.0 Å². The Morgan fingerprint density at radius 3 is 2.30 bits per heavy atom. The highest BCUT2D eigenvalue weighted by molar-refractivity contribution is 7.92. The maximum atomic E-state index is 12.6. The number of fused-ring (bicyclic) bond motifs is 1. The summed E-state index contributed by atoms with van der Waals surface area (Å²) in [7, 11) is -3.79. The van der Waals surface area contributed by atoms with Crippen molar-refractivity contribution < 1.29 is 22.4 Å². The minimum absolute atomic E-state index is 0.0971. The molecule has 0 aliphatic carbocycles. The minimum atomic E-state index is -3.79. The Balaban J connectivity index is 1.44. The van der Waals surface area contributed by atoms with Gasteiger partial charge in [-0.15, -0.1) is 0 Å². The number of carbonyl (C=O) groups excluding carboxylic acids is 1. The lowest BCUT2D eigenvalue weighted by molar-refractivity contribution is 0.102. The molecule has 168 valence electrons. The second kappa shape index (κ2) is 9.17. The van der Waals surface area contributed by atoms with Crippen LogP contribution >= 0.6 is 0 Å². The van der Waals surface area contributed by atoms with Crippen molar-refractivity contribution in [1.29, 1.82) is 0 Å². The fourth-order valence-electron chi connectivity index (χ4n) is 3.14. The van der Waals surface area contributed by atoms with E-state index >= 15 is 0 Å². The molecule has 1 aromatic heterocycles. The number of hydrogen-bond acceptors (Lipinski definition) is 6. The Hall–Kier alpha value is -4.11. The Morgan fingerprint density at radius 2 is 1.61 bits per heavy atom. The van der Waals surface area contributed by atoms with Crippen LogP contribution in [0.5, 0.6) is 5.75 Å². The summed E-state index contributed by atoms with van der Waals surface area (Å²) in [6.45, 7) is 2.34. The third kappa shape index (κ3) is 5.21. The van der Waals surface area contributed by atoms with E-state index in [4.69, 9.17) is 9.15 Å². The zero-order valence-electron chi connectivity index (χ0n) is 17.6. The zero-order chi connectivity index (χ0) is 23.4. The number of hydrogen-bond donors (Lipinski definition) is 2. The highest BCUT2D eigenvalue weighted by Gasteiger charge is 2.15. The minimum Gasteiger partial charge on any atom is -0.494 e. The highest BCUT2D eigenvalue weighted by atomic mass is 32.2. The van der Waals surface area contributed by atoms with Gasteiger partial charge >= 0.3 is 5.63 Å². The number of carbonyl (C=O) groups is 1. The van der Waals surface area contributed by atoms with Crippen molar-refractivity contribution >= 4 is 38.3 Å². The Bertz CT molecular complexity index is 1460. The third-order valence-electron chi connectivity index (χ3n) is 4.72. The van der Waals surface area contributed by atoms with Crippen LogP contribution in [0.3, 0.4) is 0 Å². The molecule has 0 radical (unpaired) electrons. The van der Waals surface area contributed by atoms with Crippen molar-refractivity contribution in [2.75, 3.05) is 16.6 Å². The van der Waals surface area contributed by atoms with Gasteiger partial charge in [0.05, 0.1) is 11.5 Å². The van der Waals surface area contributed by atoms with Gasteiger partial charge in [0.15, 0.2) is 0 Å². The maximum Gasteiger partial charge on any atom is 0.336 e. The third-order valence-corrected chi connectivity index (χ3v) is 6.12. The fourth-order valence-corrected chi connectivity index (χ4v) is 4.20. The molecule has 8 nitrogen and oxygen atoms in total. The van der Waals surface area contributed by atoms with Crippen molar-refractivity contribution in [2.45, 2.75) is 11.8 Å². The number of sulfonamides is 1. The first-order valence-electron chi connectivity index (χ1n) is 10.0. The van der Waals surface area contributed by atoms with E-state index in [0.29, 0.717) is 40.3 Å². The van der Waals surface area contributed by atoms with E-state index in [-0.39, 0.29) is 10.8 Å². The topological polar surface area (TPSA) is 115 Å². The molecule has 9 heteroatoms. The van der Waals surface area contributed by atoms with Gasteiger partial charge in [0.25, 0.3) is 15.9 Å². The second-order valence-corrected chi connectivity index (χ2v) is 8.73. The summed E-state index contributed by atoms with van der Waals surface area (Å²) >= 11 is 0. The van der Waals surface area contributed by atoms with E-state index in [2.05, 4.69) is 10.0 Å². The monoisotopic (exact) mass is 464 g/mol. The van der Waals surface area contributed by atoms with E-state index in [0.717, 1.165) is 0 Å². The molecule has 4 aromatic rings. The zero-order valence-corrected chi connectivity index (χ0v) is 18.4. The van der Waals surface area contributed by atoms with Gasteiger partial charge in [0.1, 0.15) is 11.3 Å². The molecule has 0 bridgehead atoms. The number of amides is 1. The summed E-state index contributed by atoms with van der Waals surface area (Å²) in [6.07, 6.45) is 0. The maximum absolute atomic E-state index is 12.6. The lowest BCUT2D eigenvalue weighted by atomic mass is 10.1. The van der Waals surface area contributed by atoms with Crippen molar-refractivity contribution in [3.8, 4) is 5.75 Å². The van der Waals surface area contributed by atoms with E-state index in [9.17, 15) is 18.0 Å². The molecule has 0 aliphatic heterocycles. The lowest BCUT2D eigenvalue weighted by Gasteiger charge is -2.10. The molecule has 0 saturated carbocycles. The predicted molar refractivity (Wildman–Crippen MR) is 125 cm³/mol. The molecular weight excluding hydrogens is 444 g/mol. The molecule has 3 aromatic carbocycles. The van der Waals surface area contributed by atoms with E-state index in [1.807, 2.05) is 6.92 Å². The summed E-state index contributed by atoms with van der Waals surface area (Å²) in [4.78, 5) is 23.9. The van der Waals surface area contributed by atoms with Gasteiger partial charge in [0, 0.05) is 28.4 Å². The van der Waals surface area contributed by atoms with Gasteiger partial charge in [-0.1, -0.05) is 0 Å². The summed E-state index contributed by atoms with van der Waals surface area (Å²) in [5.41, 5.74) is 1.17. The molecule has 0 spiro atoms. The number of rotatable bonds is 7. The quantitative estimate of drug-likeness (QED) is 0.395. The number of anilines is 2. The molecule has 2 N–H and O–H groups in total. The van der Waals surface area contributed by atoms with Gasteiger partial charge in [-0.25, -0.2) is 13.2 Å². The average molecular weight is 464 g/mol. The van der Waals surface area contributed by atoms with Gasteiger partial charge < -0.3 is 14.5 Å². The van der Waals surface area contributed by atoms with Crippen molar-refractivity contribution in [3.63, 3.8) is 0 Å². The van der Waals surface area contributed by atoms with Gasteiger partial charge in [-0.2, -0.15) is 0 Å². The summed E-state index contributed by atoms with van der Waals surface area (Å²) < 4.78 is 38.1. The molecular formula is C24H20N2O6S. The number of nitrogens with one attached hydrogen (secondary N) is 2. The normalized spacial score (nSPS) is 11.2. The standard InChI is InChI=1S/C24H20N2O6S/c1-2-31-20-9-11-21(12-10-20)33(29,30)26-18-6-3-16(4-7-18)24(28)25-19-8-13-22-17(15-19)5-14-23(27)32-22/h3-15,26H,2H2,1H3,(H,25,28). The van der Waals surface area contributed by atoms with Crippen molar-refractivity contribution in [1.82, 2.24) is 0 Å². The predicted octanol–water partition coefficient (Wildman–Crippen LogP) is 4.24. The second-order valence-electron chi connectivity index (χ2n) is 7.05. The highest BCUT2D eigenvalue weighted by Crippen LogP contribution is 2.21. The molecule has 0 fully saturated rings. The first kappa shape index (κ1) is 22.1. The van der Waals surface area contributed by atoms with Gasteiger partial charge in [-0.05, 0) is 79.7 Å². The first-order chi connectivity index (χ1) is 15.8. The van der Waals surface area contributed by atoms with Crippen molar-refractivity contribution in [2.24, 2.45) is 0 Å². The molecule has 0 aliphatic rings. The fraction of sp³-hybridized carbons (Fsp3) is 0.0833. The van der Waals surface area contributed by atoms with Gasteiger partial charge in [0.2, 0.25) is 0 Å². The van der Waals surface area contributed by atoms with Crippen LogP contribution in [0.2, 0.25) is 0 Å². The summed E-state index contributed by atoms with van der Waals surface area (Å²) in [6, 6.07) is 20.0. The first-order valence-corrected chi connectivity index (χ1v) is 11.5. The smallest absolute Gasteiger partial charge is 0.336 e. The van der Waals surface area contributed by atoms with Crippen LogP contribution in [0.25, 0.3) is 11.0 Å². The lowest BCUT2D eigenvalue weighted by Crippen LogP contribution is -2.14. The Labute approximate surface area is 189 Å². The van der Waals surface area contributed by atoms with E-state index in [1.165, 1.54) is 42.5 Å².